The molecule has 0 saturated carbocycles. The van der Waals surface area contributed by atoms with Crippen molar-refractivity contribution in [2.75, 3.05) is 31.6 Å². The maximum absolute atomic E-state index is 4.43. The molecule has 23 heavy (non-hydrogen) atoms. The number of fused-ring (bicyclic) bond motifs is 3. The van der Waals surface area contributed by atoms with Crippen molar-refractivity contribution in [3.63, 3.8) is 0 Å². The van der Waals surface area contributed by atoms with Gasteiger partial charge in [-0.05, 0) is 56.6 Å². The zero-order valence-electron chi connectivity index (χ0n) is 14.1. The lowest BCUT2D eigenvalue weighted by Crippen LogP contribution is -2.45. The van der Waals surface area contributed by atoms with Crippen LogP contribution in [0.1, 0.15) is 29.2 Å². The topological polar surface area (TPSA) is 19.4 Å². The van der Waals surface area contributed by atoms with Gasteiger partial charge in [0, 0.05) is 42.6 Å². The van der Waals surface area contributed by atoms with Gasteiger partial charge in [0.25, 0.3) is 0 Å². The summed E-state index contributed by atoms with van der Waals surface area (Å²) in [7, 11) is 2.25. The SMILES string of the molecule is Cc1ccc(CCN2c3ccccc3[C@H]3CN(C)CC[C@H]32)cn1. The summed E-state index contributed by atoms with van der Waals surface area (Å²) in [6, 6.07) is 14.0. The van der Waals surface area contributed by atoms with Crippen molar-refractivity contribution in [2.45, 2.75) is 31.7 Å². The Hall–Kier alpha value is -1.87. The van der Waals surface area contributed by atoms with E-state index in [1.165, 1.54) is 30.8 Å². The fourth-order valence-electron chi connectivity index (χ4n) is 4.20. The maximum atomic E-state index is 4.43. The minimum atomic E-state index is 0.668. The van der Waals surface area contributed by atoms with E-state index in [9.17, 15) is 0 Å². The first-order valence-corrected chi connectivity index (χ1v) is 8.68. The Morgan fingerprint density at radius 1 is 1.17 bits per heavy atom. The maximum Gasteiger partial charge on any atom is 0.0405 e. The molecule has 0 unspecified atom stereocenters. The number of benzene rings is 1. The van der Waals surface area contributed by atoms with E-state index < -0.39 is 0 Å². The molecule has 1 aromatic carbocycles. The number of para-hydroxylation sites is 1. The number of aromatic nitrogens is 1. The third-order valence-electron chi connectivity index (χ3n) is 5.44. The fraction of sp³-hybridized carbons (Fsp3) is 0.450. The van der Waals surface area contributed by atoms with Crippen LogP contribution in [-0.4, -0.2) is 42.6 Å². The van der Waals surface area contributed by atoms with Crippen molar-refractivity contribution >= 4 is 5.69 Å². The number of rotatable bonds is 3. The lowest BCUT2D eigenvalue weighted by Gasteiger charge is -2.37. The normalized spacial score (nSPS) is 23.7. The largest absolute Gasteiger partial charge is 0.367 e. The molecule has 3 heteroatoms. The van der Waals surface area contributed by atoms with Crippen molar-refractivity contribution < 1.29 is 0 Å². The summed E-state index contributed by atoms with van der Waals surface area (Å²) in [5, 5.41) is 0. The van der Waals surface area contributed by atoms with Gasteiger partial charge in [0.05, 0.1) is 0 Å². The number of likely N-dealkylation sites (tertiary alicyclic amines) is 1. The minimum absolute atomic E-state index is 0.668. The van der Waals surface area contributed by atoms with Gasteiger partial charge >= 0.3 is 0 Å². The van der Waals surface area contributed by atoms with Crippen molar-refractivity contribution in [2.24, 2.45) is 0 Å². The number of pyridine rings is 1. The average molecular weight is 307 g/mol. The molecule has 0 spiro atoms. The number of likely N-dealkylation sites (N-methyl/N-ethyl adjacent to an activating group) is 1. The van der Waals surface area contributed by atoms with Crippen molar-refractivity contribution in [3.05, 3.63) is 59.4 Å². The zero-order chi connectivity index (χ0) is 15.8. The van der Waals surface area contributed by atoms with Crippen LogP contribution in [0.15, 0.2) is 42.6 Å². The molecular weight excluding hydrogens is 282 g/mol. The number of anilines is 1. The molecule has 0 radical (unpaired) electrons. The summed E-state index contributed by atoms with van der Waals surface area (Å²) in [4.78, 5) is 9.57. The van der Waals surface area contributed by atoms with Crippen LogP contribution in [0.25, 0.3) is 0 Å². The van der Waals surface area contributed by atoms with Gasteiger partial charge in [-0.15, -0.1) is 0 Å². The highest BCUT2D eigenvalue weighted by Crippen LogP contribution is 2.44. The van der Waals surface area contributed by atoms with Crippen LogP contribution < -0.4 is 4.90 Å². The minimum Gasteiger partial charge on any atom is -0.367 e. The molecule has 1 fully saturated rings. The molecule has 0 amide bonds. The molecule has 1 saturated heterocycles. The van der Waals surface area contributed by atoms with Crippen LogP contribution in [0.5, 0.6) is 0 Å². The Balaban J connectivity index is 1.56. The Bertz CT molecular complexity index is 680. The molecule has 2 aliphatic heterocycles. The molecule has 0 bridgehead atoms. The highest BCUT2D eigenvalue weighted by atomic mass is 15.2. The van der Waals surface area contributed by atoms with E-state index in [0.29, 0.717) is 12.0 Å². The standard InChI is InChI=1S/C20H25N3/c1-15-7-8-16(13-21-15)9-12-23-19-6-4-3-5-17(19)18-14-22(2)11-10-20(18)23/h3-8,13,18,20H,9-12,14H2,1-2H3/t18-,20-/m1/s1. The van der Waals surface area contributed by atoms with Crippen LogP contribution in [-0.2, 0) is 6.42 Å². The van der Waals surface area contributed by atoms with E-state index in [2.05, 4.69) is 58.2 Å². The first kappa shape index (κ1) is 14.7. The number of aryl methyl sites for hydroxylation is 1. The smallest absolute Gasteiger partial charge is 0.0405 e. The molecule has 3 nitrogen and oxygen atoms in total. The quantitative estimate of drug-likeness (QED) is 0.868. The molecule has 2 aliphatic rings. The Kier molecular flexibility index (Phi) is 3.82. The molecule has 4 rings (SSSR count). The van der Waals surface area contributed by atoms with Gasteiger partial charge in [0.1, 0.15) is 0 Å². The van der Waals surface area contributed by atoms with Crippen LogP contribution in [0.4, 0.5) is 5.69 Å². The summed E-state index contributed by atoms with van der Waals surface area (Å²) in [6.45, 7) is 5.53. The van der Waals surface area contributed by atoms with Crippen molar-refractivity contribution in [1.29, 1.82) is 0 Å². The lowest BCUT2D eigenvalue weighted by molar-refractivity contribution is 0.231. The Morgan fingerprint density at radius 3 is 2.87 bits per heavy atom. The molecule has 1 aromatic heterocycles. The highest BCUT2D eigenvalue weighted by molar-refractivity contribution is 5.62. The van der Waals surface area contributed by atoms with Gasteiger partial charge in [-0.1, -0.05) is 24.3 Å². The first-order chi connectivity index (χ1) is 11.2. The second-order valence-electron chi connectivity index (χ2n) is 7.03. The molecule has 2 atom stereocenters. The van der Waals surface area contributed by atoms with Gasteiger partial charge in [-0.25, -0.2) is 0 Å². The average Bonchev–Trinajstić information content (AvgIpc) is 2.88. The Labute approximate surface area is 139 Å². The molecular formula is C20H25N3. The summed E-state index contributed by atoms with van der Waals surface area (Å²) >= 11 is 0. The molecule has 0 aliphatic carbocycles. The Morgan fingerprint density at radius 2 is 2.04 bits per heavy atom. The van der Waals surface area contributed by atoms with E-state index in [0.717, 1.165) is 18.7 Å². The van der Waals surface area contributed by atoms with Crippen LogP contribution in [0, 0.1) is 6.92 Å². The number of hydrogen-bond donors (Lipinski definition) is 0. The number of nitrogens with zero attached hydrogens (tertiary/aromatic N) is 3. The predicted octanol–water partition coefficient (Wildman–Crippen LogP) is 3.24. The molecule has 3 heterocycles. The third-order valence-corrected chi connectivity index (χ3v) is 5.44. The van der Waals surface area contributed by atoms with Crippen LogP contribution >= 0.6 is 0 Å². The third kappa shape index (κ3) is 2.74. The van der Waals surface area contributed by atoms with E-state index in [1.54, 1.807) is 5.56 Å². The predicted molar refractivity (Wildman–Crippen MR) is 95.1 cm³/mol. The van der Waals surface area contributed by atoms with Gasteiger partial charge in [-0.2, -0.15) is 0 Å². The van der Waals surface area contributed by atoms with E-state index in [1.807, 2.05) is 13.1 Å². The highest BCUT2D eigenvalue weighted by Gasteiger charge is 2.40. The summed E-state index contributed by atoms with van der Waals surface area (Å²) in [5.41, 5.74) is 5.43. The molecule has 120 valence electrons. The van der Waals surface area contributed by atoms with Crippen molar-refractivity contribution in [3.8, 4) is 0 Å². The van der Waals surface area contributed by atoms with Gasteiger partial charge < -0.3 is 9.80 Å². The van der Waals surface area contributed by atoms with Gasteiger partial charge in [0.2, 0.25) is 0 Å². The first-order valence-electron chi connectivity index (χ1n) is 8.68. The number of piperidine rings is 1. The lowest BCUT2D eigenvalue weighted by atomic mass is 9.89. The second-order valence-corrected chi connectivity index (χ2v) is 7.03. The summed E-state index contributed by atoms with van der Waals surface area (Å²) < 4.78 is 0. The van der Waals surface area contributed by atoms with Gasteiger partial charge in [0.15, 0.2) is 0 Å². The van der Waals surface area contributed by atoms with Gasteiger partial charge in [-0.3, -0.25) is 4.98 Å². The molecule has 2 aromatic rings. The second kappa shape index (κ2) is 5.97. The van der Waals surface area contributed by atoms with E-state index in [-0.39, 0.29) is 0 Å². The van der Waals surface area contributed by atoms with E-state index in [4.69, 9.17) is 0 Å². The zero-order valence-corrected chi connectivity index (χ0v) is 14.1. The number of hydrogen-bond acceptors (Lipinski definition) is 3. The van der Waals surface area contributed by atoms with E-state index >= 15 is 0 Å². The van der Waals surface area contributed by atoms with Crippen LogP contribution in [0.3, 0.4) is 0 Å². The molecule has 0 N–H and O–H groups in total. The van der Waals surface area contributed by atoms with Crippen molar-refractivity contribution in [1.82, 2.24) is 9.88 Å². The fourth-order valence-corrected chi connectivity index (χ4v) is 4.20. The summed E-state index contributed by atoms with van der Waals surface area (Å²) in [5.74, 6) is 0.668. The van der Waals surface area contributed by atoms with Crippen LogP contribution in [0.2, 0.25) is 0 Å². The summed E-state index contributed by atoms with van der Waals surface area (Å²) in [6.07, 6.45) is 4.37. The monoisotopic (exact) mass is 307 g/mol.